The maximum absolute atomic E-state index is 6.09. The van der Waals surface area contributed by atoms with Gasteiger partial charge in [0.25, 0.3) is 0 Å². The third-order valence-corrected chi connectivity index (χ3v) is 6.78. The number of aromatic nitrogens is 3. The van der Waals surface area contributed by atoms with E-state index in [-0.39, 0.29) is 24.0 Å². The molecule has 0 aromatic carbocycles. The molecule has 2 saturated carbocycles. The van der Waals surface area contributed by atoms with Gasteiger partial charge >= 0.3 is 0 Å². The minimum Gasteiger partial charge on any atom is -0.378 e. The number of halogens is 1. The summed E-state index contributed by atoms with van der Waals surface area (Å²) in [6.45, 7) is 5.74. The van der Waals surface area contributed by atoms with E-state index in [2.05, 4.69) is 32.6 Å². The summed E-state index contributed by atoms with van der Waals surface area (Å²) in [5.41, 5.74) is 0.300. The van der Waals surface area contributed by atoms with Gasteiger partial charge in [-0.05, 0) is 39.5 Å². The van der Waals surface area contributed by atoms with Crippen LogP contribution in [-0.2, 0) is 17.7 Å². The lowest BCUT2D eigenvalue weighted by molar-refractivity contribution is -0.145. The molecule has 3 unspecified atom stereocenters. The molecule has 8 heteroatoms. The maximum atomic E-state index is 6.09. The van der Waals surface area contributed by atoms with Crippen LogP contribution >= 0.6 is 24.0 Å². The van der Waals surface area contributed by atoms with Gasteiger partial charge in [-0.3, -0.25) is 4.99 Å². The Morgan fingerprint density at radius 2 is 2.07 bits per heavy atom. The molecule has 3 atom stereocenters. The van der Waals surface area contributed by atoms with Crippen LogP contribution in [0, 0.1) is 12.3 Å². The number of nitrogens with zero attached hydrogens (tertiary/aromatic N) is 4. The lowest BCUT2D eigenvalue weighted by Gasteiger charge is -2.58. The van der Waals surface area contributed by atoms with Gasteiger partial charge in [0.1, 0.15) is 11.6 Å². The fourth-order valence-corrected chi connectivity index (χ4v) is 5.35. The number of aliphatic imine (C=N–C) groups is 1. The van der Waals surface area contributed by atoms with Crippen molar-refractivity contribution in [2.24, 2.45) is 10.4 Å². The molecule has 0 bridgehead atoms. The molecule has 3 aliphatic rings. The average Bonchev–Trinajstić information content (AvgIpc) is 3.06. The molecule has 2 N–H and O–H groups in total. The van der Waals surface area contributed by atoms with Crippen LogP contribution in [0.3, 0.4) is 0 Å². The quantitative estimate of drug-likeness (QED) is 0.376. The van der Waals surface area contributed by atoms with E-state index in [1.54, 1.807) is 0 Å². The van der Waals surface area contributed by atoms with Crippen molar-refractivity contribution >= 4 is 29.9 Å². The van der Waals surface area contributed by atoms with Crippen molar-refractivity contribution in [1.82, 2.24) is 25.4 Å². The Bertz CT molecular complexity index is 684. The van der Waals surface area contributed by atoms with Crippen molar-refractivity contribution in [1.29, 1.82) is 0 Å². The molecule has 1 aromatic heterocycles. The summed E-state index contributed by atoms with van der Waals surface area (Å²) in [5.74, 6) is 2.89. The molecule has 0 saturated heterocycles. The first kappa shape index (κ1) is 21.8. The van der Waals surface area contributed by atoms with Crippen molar-refractivity contribution in [3.8, 4) is 0 Å². The highest BCUT2D eigenvalue weighted by molar-refractivity contribution is 14.0. The number of ether oxygens (including phenoxy) is 1. The Morgan fingerprint density at radius 1 is 1.29 bits per heavy atom. The van der Waals surface area contributed by atoms with E-state index < -0.39 is 0 Å². The molecule has 2 aliphatic carbocycles. The van der Waals surface area contributed by atoms with Gasteiger partial charge in [-0.25, -0.2) is 9.67 Å². The highest BCUT2D eigenvalue weighted by Gasteiger charge is 2.55. The average molecular weight is 502 g/mol. The van der Waals surface area contributed by atoms with E-state index in [1.807, 2.05) is 18.7 Å². The van der Waals surface area contributed by atoms with Crippen LogP contribution in [0.4, 0.5) is 0 Å². The normalized spacial score (nSPS) is 28.8. The van der Waals surface area contributed by atoms with Crippen LogP contribution in [0.5, 0.6) is 0 Å². The van der Waals surface area contributed by atoms with Crippen LogP contribution < -0.4 is 10.6 Å². The number of aryl methyl sites for hydroxylation is 2. The van der Waals surface area contributed by atoms with Gasteiger partial charge in [-0.2, -0.15) is 5.10 Å². The number of hydrogen-bond donors (Lipinski definition) is 2. The van der Waals surface area contributed by atoms with Crippen molar-refractivity contribution in [2.45, 2.75) is 89.9 Å². The number of nitrogens with one attached hydrogen (secondary N) is 2. The zero-order valence-electron chi connectivity index (χ0n) is 17.4. The summed E-state index contributed by atoms with van der Waals surface area (Å²) in [4.78, 5) is 9.03. The zero-order chi connectivity index (χ0) is 18.9. The lowest BCUT2D eigenvalue weighted by Crippen LogP contribution is -2.67. The van der Waals surface area contributed by atoms with E-state index in [1.165, 1.54) is 32.1 Å². The first-order valence-corrected chi connectivity index (χ1v) is 10.7. The molecule has 2 heterocycles. The number of guanidine groups is 1. The molecule has 158 valence electrons. The van der Waals surface area contributed by atoms with Crippen LogP contribution in [0.2, 0.25) is 0 Å². The number of hydrogen-bond acceptors (Lipinski definition) is 4. The van der Waals surface area contributed by atoms with Crippen molar-refractivity contribution in [3.63, 3.8) is 0 Å². The first-order chi connectivity index (χ1) is 13.1. The Kier molecular flexibility index (Phi) is 7.22. The van der Waals surface area contributed by atoms with E-state index >= 15 is 0 Å². The summed E-state index contributed by atoms with van der Waals surface area (Å²) in [6, 6.07) is 0.809. The minimum absolute atomic E-state index is 0. The van der Waals surface area contributed by atoms with E-state index in [4.69, 9.17) is 4.74 Å². The molecule has 0 amide bonds. The van der Waals surface area contributed by atoms with E-state index in [0.29, 0.717) is 23.6 Å². The van der Waals surface area contributed by atoms with Gasteiger partial charge in [0.15, 0.2) is 5.96 Å². The fraction of sp³-hybridized carbons (Fsp3) is 0.850. The van der Waals surface area contributed by atoms with Crippen molar-refractivity contribution < 1.29 is 4.74 Å². The molecule has 1 aliphatic heterocycles. The molecule has 4 rings (SSSR count). The minimum atomic E-state index is 0. The Hall–Kier alpha value is -0.900. The lowest BCUT2D eigenvalue weighted by atomic mass is 9.55. The topological polar surface area (TPSA) is 76.4 Å². The molecule has 7 nitrogen and oxygen atoms in total. The van der Waals surface area contributed by atoms with Crippen LogP contribution in [0.25, 0.3) is 0 Å². The second-order valence-corrected chi connectivity index (χ2v) is 8.38. The molecular weight excluding hydrogens is 467 g/mol. The highest BCUT2D eigenvalue weighted by Crippen LogP contribution is 2.53. The summed E-state index contributed by atoms with van der Waals surface area (Å²) < 4.78 is 8.13. The summed E-state index contributed by atoms with van der Waals surface area (Å²) in [5, 5.41) is 11.9. The smallest absolute Gasteiger partial charge is 0.191 e. The molecular formula is C20H35IN6O. The molecule has 2 fully saturated rings. The van der Waals surface area contributed by atoms with Gasteiger partial charge in [0.05, 0.1) is 12.6 Å². The summed E-state index contributed by atoms with van der Waals surface area (Å²) >= 11 is 0. The second-order valence-electron chi connectivity index (χ2n) is 8.38. The first-order valence-electron chi connectivity index (χ1n) is 10.7. The Morgan fingerprint density at radius 3 is 2.79 bits per heavy atom. The summed E-state index contributed by atoms with van der Waals surface area (Å²) in [7, 11) is 1.87. The fourth-order valence-electron chi connectivity index (χ4n) is 5.35. The third-order valence-electron chi connectivity index (χ3n) is 6.78. The van der Waals surface area contributed by atoms with Gasteiger partial charge < -0.3 is 15.4 Å². The molecule has 1 aromatic rings. The predicted octanol–water partition coefficient (Wildman–Crippen LogP) is 2.81. The van der Waals surface area contributed by atoms with E-state index in [0.717, 1.165) is 50.0 Å². The molecule has 28 heavy (non-hydrogen) atoms. The van der Waals surface area contributed by atoms with Gasteiger partial charge in [-0.1, -0.05) is 19.3 Å². The van der Waals surface area contributed by atoms with Crippen LogP contribution in [0.15, 0.2) is 4.99 Å². The Labute approximate surface area is 185 Å². The number of rotatable bonds is 4. The highest BCUT2D eigenvalue weighted by atomic mass is 127. The monoisotopic (exact) mass is 502 g/mol. The predicted molar refractivity (Wildman–Crippen MR) is 121 cm³/mol. The van der Waals surface area contributed by atoms with Crippen molar-refractivity contribution in [2.75, 3.05) is 13.7 Å². The van der Waals surface area contributed by atoms with Gasteiger partial charge in [-0.15, -0.1) is 24.0 Å². The second kappa shape index (κ2) is 9.28. The van der Waals surface area contributed by atoms with E-state index in [9.17, 15) is 0 Å². The SMILES string of the molecule is CCOC1CC(NC(=NC)NC2CCc3nc(C)nn3C2)C12CCCCC2.I. The Balaban J connectivity index is 0.00000225. The number of fused-ring (bicyclic) bond motifs is 1. The standard InChI is InChI=1S/C20H34N6O.HI/c1-4-27-17-12-16(20(17)10-6-5-7-11-20)24-19(21-3)23-15-8-9-18-22-14(2)25-26(18)13-15;/h15-17H,4-13H2,1-3H3,(H2,21,23,24);1H. The van der Waals surface area contributed by atoms with Gasteiger partial charge in [0.2, 0.25) is 0 Å². The zero-order valence-corrected chi connectivity index (χ0v) is 19.7. The van der Waals surface area contributed by atoms with Crippen molar-refractivity contribution in [3.05, 3.63) is 11.6 Å². The molecule has 0 radical (unpaired) electrons. The summed E-state index contributed by atoms with van der Waals surface area (Å²) in [6.07, 6.45) is 10.1. The third kappa shape index (κ3) is 4.17. The van der Waals surface area contributed by atoms with Gasteiger partial charge in [0, 0.05) is 37.6 Å². The van der Waals surface area contributed by atoms with Crippen LogP contribution in [0.1, 0.15) is 63.5 Å². The largest absolute Gasteiger partial charge is 0.378 e. The maximum Gasteiger partial charge on any atom is 0.191 e. The molecule has 1 spiro atoms. The van der Waals surface area contributed by atoms with Crippen LogP contribution in [-0.4, -0.2) is 52.6 Å².